The highest BCUT2D eigenvalue weighted by atomic mass is 32.1. The van der Waals surface area contributed by atoms with Gasteiger partial charge in [-0.1, -0.05) is 6.07 Å². The van der Waals surface area contributed by atoms with Gasteiger partial charge in [0, 0.05) is 19.6 Å². The third-order valence-corrected chi connectivity index (χ3v) is 4.89. The van der Waals surface area contributed by atoms with E-state index in [2.05, 4.69) is 4.98 Å². The minimum absolute atomic E-state index is 0.0368. The van der Waals surface area contributed by atoms with Crippen molar-refractivity contribution in [2.24, 2.45) is 0 Å². The average molecular weight is 379 g/mol. The van der Waals surface area contributed by atoms with Gasteiger partial charge in [0.2, 0.25) is 11.8 Å². The van der Waals surface area contributed by atoms with E-state index in [1.807, 2.05) is 17.5 Å². The lowest BCUT2D eigenvalue weighted by Gasteiger charge is -2.34. The Morgan fingerprint density at radius 1 is 1.50 bits per heavy atom. The lowest BCUT2D eigenvalue weighted by Crippen LogP contribution is -2.50. The van der Waals surface area contributed by atoms with E-state index in [0.717, 1.165) is 4.88 Å². The maximum absolute atomic E-state index is 12.6. The van der Waals surface area contributed by atoms with Crippen LogP contribution in [0.5, 0.6) is 0 Å². The number of rotatable bonds is 7. The molecule has 0 saturated carbocycles. The number of ether oxygens (including phenoxy) is 1. The van der Waals surface area contributed by atoms with Gasteiger partial charge in [-0.15, -0.1) is 11.3 Å². The molecular weight excluding hydrogens is 358 g/mol. The molecule has 0 aliphatic carbocycles. The number of carboxylic acids is 1. The topological polar surface area (TPSA) is 96.1 Å². The lowest BCUT2D eigenvalue weighted by atomic mass is 10.2. The smallest absolute Gasteiger partial charge is 0.317 e. The number of amides is 1. The first-order valence-electron chi connectivity index (χ1n) is 8.29. The summed E-state index contributed by atoms with van der Waals surface area (Å²) in [6.45, 7) is 1.81. The van der Waals surface area contributed by atoms with Crippen molar-refractivity contribution < 1.29 is 23.8 Å². The standard InChI is InChI=1S/C17H21N3O5S/c1-19(10-16(22)23)8-13-9-20(4-5-24-13)15(21)7-12-11-25-17(18-12)14-3-2-6-26-14/h2-3,6,11,13H,4-5,7-10H2,1H3,(H,22,23). The van der Waals surface area contributed by atoms with Gasteiger partial charge in [-0.3, -0.25) is 14.5 Å². The number of aromatic nitrogens is 1. The van der Waals surface area contributed by atoms with Gasteiger partial charge in [0.05, 0.1) is 36.2 Å². The molecule has 1 N–H and O–H groups in total. The maximum Gasteiger partial charge on any atom is 0.317 e. The van der Waals surface area contributed by atoms with Crippen LogP contribution in [0, 0.1) is 0 Å². The Kier molecular flexibility index (Phi) is 6.02. The van der Waals surface area contributed by atoms with Crippen molar-refractivity contribution in [1.82, 2.24) is 14.8 Å². The van der Waals surface area contributed by atoms with Crippen LogP contribution in [-0.4, -0.2) is 77.7 Å². The number of carbonyl (C=O) groups excluding carboxylic acids is 1. The van der Waals surface area contributed by atoms with Gasteiger partial charge in [-0.2, -0.15) is 0 Å². The molecule has 1 atom stereocenters. The number of hydrogen-bond donors (Lipinski definition) is 1. The summed E-state index contributed by atoms with van der Waals surface area (Å²) in [6.07, 6.45) is 1.49. The second kappa shape index (κ2) is 8.43. The van der Waals surface area contributed by atoms with Gasteiger partial charge < -0.3 is 19.2 Å². The highest BCUT2D eigenvalue weighted by Gasteiger charge is 2.26. The Bertz CT molecular complexity index is 745. The number of nitrogens with zero attached hydrogens (tertiary/aromatic N) is 3. The molecule has 26 heavy (non-hydrogen) atoms. The first-order chi connectivity index (χ1) is 12.5. The van der Waals surface area contributed by atoms with Crippen molar-refractivity contribution >= 4 is 23.2 Å². The zero-order valence-electron chi connectivity index (χ0n) is 14.5. The number of morpholine rings is 1. The summed E-state index contributed by atoms with van der Waals surface area (Å²) in [5.41, 5.74) is 0.601. The second-order valence-corrected chi connectivity index (χ2v) is 7.17. The molecule has 0 radical (unpaired) electrons. The third-order valence-electron chi connectivity index (χ3n) is 4.03. The van der Waals surface area contributed by atoms with Crippen LogP contribution in [-0.2, 0) is 20.7 Å². The third kappa shape index (κ3) is 4.90. The summed E-state index contributed by atoms with van der Waals surface area (Å²) in [6, 6.07) is 3.84. The summed E-state index contributed by atoms with van der Waals surface area (Å²) in [7, 11) is 1.72. The summed E-state index contributed by atoms with van der Waals surface area (Å²) in [5.74, 6) is -0.396. The van der Waals surface area contributed by atoms with Crippen molar-refractivity contribution in [3.8, 4) is 10.8 Å². The zero-order valence-corrected chi connectivity index (χ0v) is 15.3. The minimum Gasteiger partial charge on any atom is -0.480 e. The summed E-state index contributed by atoms with van der Waals surface area (Å²) in [5, 5.41) is 10.8. The van der Waals surface area contributed by atoms with Gasteiger partial charge in [0.15, 0.2) is 0 Å². The number of oxazole rings is 1. The van der Waals surface area contributed by atoms with Crippen LogP contribution in [0.25, 0.3) is 10.8 Å². The summed E-state index contributed by atoms with van der Waals surface area (Å²) < 4.78 is 11.1. The van der Waals surface area contributed by atoms with E-state index in [4.69, 9.17) is 14.3 Å². The molecule has 0 aromatic carbocycles. The van der Waals surface area contributed by atoms with Gasteiger partial charge in [0.25, 0.3) is 0 Å². The monoisotopic (exact) mass is 379 g/mol. The molecule has 2 aromatic heterocycles. The van der Waals surface area contributed by atoms with Crippen LogP contribution < -0.4 is 0 Å². The van der Waals surface area contributed by atoms with E-state index in [0.29, 0.717) is 37.8 Å². The average Bonchev–Trinajstić information content (AvgIpc) is 3.25. The van der Waals surface area contributed by atoms with Crippen LogP contribution >= 0.6 is 11.3 Å². The second-order valence-electron chi connectivity index (χ2n) is 6.22. The molecular formula is C17H21N3O5S. The van der Waals surface area contributed by atoms with Crippen molar-refractivity contribution in [2.45, 2.75) is 12.5 Å². The Balaban J connectivity index is 1.53. The first-order valence-corrected chi connectivity index (χ1v) is 9.17. The molecule has 8 nitrogen and oxygen atoms in total. The molecule has 3 heterocycles. The van der Waals surface area contributed by atoms with E-state index in [-0.39, 0.29) is 25.0 Å². The van der Waals surface area contributed by atoms with E-state index < -0.39 is 5.97 Å². The van der Waals surface area contributed by atoms with Crippen LogP contribution in [0.1, 0.15) is 5.69 Å². The molecule has 1 amide bonds. The largest absolute Gasteiger partial charge is 0.480 e. The predicted octanol–water partition coefficient (Wildman–Crippen LogP) is 1.19. The molecule has 1 unspecified atom stereocenters. The lowest BCUT2D eigenvalue weighted by molar-refractivity contribution is -0.142. The van der Waals surface area contributed by atoms with E-state index in [9.17, 15) is 9.59 Å². The molecule has 1 saturated heterocycles. The molecule has 1 aliphatic heterocycles. The summed E-state index contributed by atoms with van der Waals surface area (Å²) in [4.78, 5) is 32.0. The fourth-order valence-corrected chi connectivity index (χ4v) is 3.52. The Hall–Kier alpha value is -2.23. The van der Waals surface area contributed by atoms with Crippen LogP contribution in [0.2, 0.25) is 0 Å². The van der Waals surface area contributed by atoms with Crippen LogP contribution in [0.4, 0.5) is 0 Å². The maximum atomic E-state index is 12.6. The van der Waals surface area contributed by atoms with E-state index >= 15 is 0 Å². The highest BCUT2D eigenvalue weighted by molar-refractivity contribution is 7.13. The number of carbonyl (C=O) groups is 2. The predicted molar refractivity (Wildman–Crippen MR) is 95.0 cm³/mol. The molecule has 140 valence electrons. The summed E-state index contributed by atoms with van der Waals surface area (Å²) >= 11 is 1.53. The number of aliphatic carboxylic acids is 1. The zero-order chi connectivity index (χ0) is 18.5. The first kappa shape index (κ1) is 18.6. The fourth-order valence-electron chi connectivity index (χ4n) is 2.87. The van der Waals surface area contributed by atoms with Crippen molar-refractivity contribution in [2.75, 3.05) is 39.8 Å². The minimum atomic E-state index is -0.885. The van der Waals surface area contributed by atoms with Gasteiger partial charge >= 0.3 is 5.97 Å². The number of carboxylic acid groups (broad SMARTS) is 1. The molecule has 3 rings (SSSR count). The van der Waals surface area contributed by atoms with E-state index in [1.54, 1.807) is 16.8 Å². The van der Waals surface area contributed by atoms with Gasteiger partial charge in [0.1, 0.15) is 6.26 Å². The number of likely N-dealkylation sites (N-methyl/N-ethyl adjacent to an activating group) is 1. The van der Waals surface area contributed by atoms with Gasteiger partial charge in [-0.25, -0.2) is 4.98 Å². The fraction of sp³-hybridized carbons (Fsp3) is 0.471. The van der Waals surface area contributed by atoms with E-state index in [1.165, 1.54) is 17.6 Å². The van der Waals surface area contributed by atoms with Crippen molar-refractivity contribution in [3.05, 3.63) is 29.5 Å². The van der Waals surface area contributed by atoms with Crippen LogP contribution in [0.15, 0.2) is 28.2 Å². The molecule has 0 bridgehead atoms. The Morgan fingerprint density at radius 2 is 2.35 bits per heavy atom. The normalized spacial score (nSPS) is 17.6. The van der Waals surface area contributed by atoms with Crippen molar-refractivity contribution in [3.63, 3.8) is 0 Å². The molecule has 0 spiro atoms. The molecule has 9 heteroatoms. The number of hydrogen-bond acceptors (Lipinski definition) is 7. The quantitative estimate of drug-likeness (QED) is 0.772. The Labute approximate surface area is 155 Å². The van der Waals surface area contributed by atoms with Crippen molar-refractivity contribution in [1.29, 1.82) is 0 Å². The molecule has 2 aromatic rings. The van der Waals surface area contributed by atoms with Gasteiger partial charge in [-0.05, 0) is 18.5 Å². The molecule has 1 fully saturated rings. The number of thiophene rings is 1. The Morgan fingerprint density at radius 3 is 3.08 bits per heavy atom. The highest BCUT2D eigenvalue weighted by Crippen LogP contribution is 2.24. The SMILES string of the molecule is CN(CC(=O)O)CC1CN(C(=O)Cc2coc(-c3cccs3)n2)CCO1. The molecule has 1 aliphatic rings. The van der Waals surface area contributed by atoms with Crippen LogP contribution in [0.3, 0.4) is 0 Å².